The summed E-state index contributed by atoms with van der Waals surface area (Å²) in [6, 6.07) is 0. The highest BCUT2D eigenvalue weighted by molar-refractivity contribution is 6.44. The van der Waals surface area contributed by atoms with Crippen molar-refractivity contribution in [3.05, 3.63) is 10.1 Å². The summed E-state index contributed by atoms with van der Waals surface area (Å²) < 4.78 is 0. The average molecular weight is 194 g/mol. The van der Waals surface area contributed by atoms with E-state index in [0.29, 0.717) is 10.1 Å². The molecule has 0 spiro atoms. The van der Waals surface area contributed by atoms with Gasteiger partial charge >= 0.3 is 0 Å². The van der Waals surface area contributed by atoms with Crippen LogP contribution < -0.4 is 0 Å². The molecule has 0 aliphatic carbocycles. The second-order valence-electron chi connectivity index (χ2n) is 1.08. The van der Waals surface area contributed by atoms with E-state index >= 15 is 0 Å². The average Bonchev–Trinajstić information content (AvgIpc) is 1.84. The highest BCUT2D eigenvalue weighted by Crippen LogP contribution is 2.15. The molecule has 0 aliphatic heterocycles. The number of halogens is 4. The van der Waals surface area contributed by atoms with Crippen LogP contribution >= 0.6 is 46.4 Å². The quantitative estimate of drug-likeness (QED) is 0.592. The van der Waals surface area contributed by atoms with Crippen molar-refractivity contribution in [2.75, 3.05) is 11.8 Å². The van der Waals surface area contributed by atoms with Crippen molar-refractivity contribution in [1.29, 1.82) is 0 Å². The molecule has 0 aromatic carbocycles. The minimum atomic E-state index is 0.229. The molecular weight excluding hydrogens is 190 g/mol. The Hall–Kier alpha value is 0.900. The van der Waals surface area contributed by atoms with Crippen LogP contribution in [0, 0.1) is 0 Å². The molecule has 0 bridgehead atoms. The fourth-order valence-electron chi connectivity index (χ4n) is 0.145. The van der Waals surface area contributed by atoms with Crippen molar-refractivity contribution in [3.63, 3.8) is 0 Å². The maximum atomic E-state index is 5.45. The third-order valence-electron chi connectivity index (χ3n) is 0.529. The SMILES string of the molecule is ClC/C(Cl)=C(/Cl)CCl. The van der Waals surface area contributed by atoms with Crippen LogP contribution in [0.25, 0.3) is 0 Å². The molecule has 0 saturated carbocycles. The lowest BCUT2D eigenvalue weighted by molar-refractivity contribution is 1.55. The lowest BCUT2D eigenvalue weighted by Gasteiger charge is -1.91. The summed E-state index contributed by atoms with van der Waals surface area (Å²) in [5.74, 6) is 0.459. The Labute approximate surface area is 68.4 Å². The maximum absolute atomic E-state index is 5.45. The zero-order valence-corrected chi connectivity index (χ0v) is 6.95. The lowest BCUT2D eigenvalue weighted by atomic mass is 10.6. The Morgan fingerprint density at radius 3 is 1.25 bits per heavy atom. The van der Waals surface area contributed by atoms with E-state index < -0.39 is 0 Å². The summed E-state index contributed by atoms with van der Waals surface area (Å²) >= 11 is 21.5. The van der Waals surface area contributed by atoms with Crippen LogP contribution in [-0.2, 0) is 0 Å². The first kappa shape index (κ1) is 8.90. The molecular formula is C4H4Cl4. The zero-order valence-electron chi connectivity index (χ0n) is 3.93. The molecule has 48 valence electrons. The Bertz CT molecular complexity index is 84.2. The minimum Gasteiger partial charge on any atom is -0.121 e. The summed E-state index contributed by atoms with van der Waals surface area (Å²) in [6.45, 7) is 0. The monoisotopic (exact) mass is 192 g/mol. The van der Waals surface area contributed by atoms with Crippen molar-refractivity contribution >= 4 is 46.4 Å². The molecule has 0 heterocycles. The van der Waals surface area contributed by atoms with Crippen molar-refractivity contribution < 1.29 is 0 Å². The van der Waals surface area contributed by atoms with Crippen molar-refractivity contribution in [2.24, 2.45) is 0 Å². The normalized spacial score (nSPS) is 13.5. The first-order chi connectivity index (χ1) is 3.72. The molecule has 0 N–H and O–H groups in total. The Morgan fingerprint density at radius 1 is 0.875 bits per heavy atom. The summed E-state index contributed by atoms with van der Waals surface area (Å²) in [5, 5.41) is 0.840. The van der Waals surface area contributed by atoms with Gasteiger partial charge in [0.25, 0.3) is 0 Å². The van der Waals surface area contributed by atoms with Crippen LogP contribution in [0.3, 0.4) is 0 Å². The van der Waals surface area contributed by atoms with Crippen molar-refractivity contribution in [1.82, 2.24) is 0 Å². The Kier molecular flexibility index (Phi) is 5.28. The molecule has 0 unspecified atom stereocenters. The van der Waals surface area contributed by atoms with E-state index in [2.05, 4.69) is 0 Å². The van der Waals surface area contributed by atoms with Crippen LogP contribution in [-0.4, -0.2) is 11.8 Å². The molecule has 0 aliphatic rings. The van der Waals surface area contributed by atoms with Gasteiger partial charge in [0.2, 0.25) is 0 Å². The fraction of sp³-hybridized carbons (Fsp3) is 0.500. The number of allylic oxidation sites excluding steroid dienone is 2. The van der Waals surface area contributed by atoms with E-state index in [1.807, 2.05) is 0 Å². The molecule has 0 aromatic rings. The van der Waals surface area contributed by atoms with E-state index in [9.17, 15) is 0 Å². The fourth-order valence-corrected chi connectivity index (χ4v) is 0.738. The van der Waals surface area contributed by atoms with Crippen LogP contribution in [0.4, 0.5) is 0 Å². The predicted molar refractivity (Wildman–Crippen MR) is 40.2 cm³/mol. The highest BCUT2D eigenvalue weighted by Gasteiger charge is 1.96. The van der Waals surface area contributed by atoms with Gasteiger partial charge in [0, 0.05) is 10.1 Å². The van der Waals surface area contributed by atoms with Gasteiger partial charge in [0.15, 0.2) is 0 Å². The summed E-state index contributed by atoms with van der Waals surface area (Å²) in [6.07, 6.45) is 0. The van der Waals surface area contributed by atoms with Gasteiger partial charge in [-0.25, -0.2) is 0 Å². The van der Waals surface area contributed by atoms with Gasteiger partial charge in [0.05, 0.1) is 11.8 Å². The second-order valence-corrected chi connectivity index (χ2v) is 2.52. The van der Waals surface area contributed by atoms with Gasteiger partial charge in [-0.05, 0) is 0 Å². The standard InChI is InChI=1S/C4H4Cl4/c5-1-3(7)4(8)2-6/h1-2H2/b4-3-. The van der Waals surface area contributed by atoms with E-state index in [1.165, 1.54) is 0 Å². The first-order valence-corrected chi connectivity index (χ1v) is 3.69. The molecule has 0 aromatic heterocycles. The Balaban J connectivity index is 3.83. The molecule has 0 amide bonds. The van der Waals surface area contributed by atoms with Crippen LogP contribution in [0.1, 0.15) is 0 Å². The number of hydrogen-bond donors (Lipinski definition) is 0. The summed E-state index contributed by atoms with van der Waals surface area (Å²) in [5.41, 5.74) is 0. The third-order valence-corrected chi connectivity index (χ3v) is 2.16. The van der Waals surface area contributed by atoms with E-state index in [4.69, 9.17) is 46.4 Å². The molecule has 0 saturated heterocycles. The topological polar surface area (TPSA) is 0 Å². The molecule has 0 rings (SSSR count). The van der Waals surface area contributed by atoms with Crippen LogP contribution in [0.5, 0.6) is 0 Å². The van der Waals surface area contributed by atoms with Crippen LogP contribution in [0.2, 0.25) is 0 Å². The number of alkyl halides is 2. The number of hydrogen-bond acceptors (Lipinski definition) is 0. The first-order valence-electron chi connectivity index (χ1n) is 1.87. The van der Waals surface area contributed by atoms with Gasteiger partial charge in [-0.2, -0.15) is 0 Å². The smallest absolute Gasteiger partial charge is 0.0594 e. The molecule has 0 nitrogen and oxygen atoms in total. The molecule has 0 radical (unpaired) electrons. The van der Waals surface area contributed by atoms with Gasteiger partial charge in [-0.15, -0.1) is 23.2 Å². The van der Waals surface area contributed by atoms with Gasteiger partial charge in [-0.1, -0.05) is 23.2 Å². The molecule has 8 heavy (non-hydrogen) atoms. The minimum absolute atomic E-state index is 0.229. The van der Waals surface area contributed by atoms with Gasteiger partial charge < -0.3 is 0 Å². The second kappa shape index (κ2) is 4.75. The van der Waals surface area contributed by atoms with E-state index in [1.54, 1.807) is 0 Å². The highest BCUT2D eigenvalue weighted by atomic mass is 35.5. The largest absolute Gasteiger partial charge is 0.121 e. The van der Waals surface area contributed by atoms with Crippen molar-refractivity contribution in [2.45, 2.75) is 0 Å². The predicted octanol–water partition coefficient (Wildman–Crippen LogP) is 3.15. The number of rotatable bonds is 2. The van der Waals surface area contributed by atoms with Gasteiger partial charge in [0.1, 0.15) is 0 Å². The molecule has 4 heteroatoms. The Morgan fingerprint density at radius 2 is 1.12 bits per heavy atom. The molecule has 0 fully saturated rings. The lowest BCUT2D eigenvalue weighted by Crippen LogP contribution is -1.79. The van der Waals surface area contributed by atoms with E-state index in [-0.39, 0.29) is 11.8 Å². The summed E-state index contributed by atoms with van der Waals surface area (Å²) in [4.78, 5) is 0. The van der Waals surface area contributed by atoms with E-state index in [0.717, 1.165) is 0 Å². The zero-order chi connectivity index (χ0) is 6.57. The van der Waals surface area contributed by atoms with Crippen molar-refractivity contribution in [3.8, 4) is 0 Å². The molecule has 0 atom stereocenters. The van der Waals surface area contributed by atoms with Crippen LogP contribution in [0.15, 0.2) is 10.1 Å². The summed E-state index contributed by atoms with van der Waals surface area (Å²) in [7, 11) is 0. The maximum Gasteiger partial charge on any atom is 0.0594 e. The third kappa shape index (κ3) is 3.03. The van der Waals surface area contributed by atoms with Gasteiger partial charge in [-0.3, -0.25) is 0 Å².